The van der Waals surface area contributed by atoms with Gasteiger partial charge in [-0.25, -0.2) is 22.5 Å². The fourth-order valence-electron chi connectivity index (χ4n) is 1.77. The molecule has 0 fully saturated rings. The lowest BCUT2D eigenvalue weighted by molar-refractivity contribution is 0.350. The largest absolute Gasteiger partial charge is 0.493 e. The van der Waals surface area contributed by atoms with Crippen molar-refractivity contribution in [2.45, 2.75) is 18.4 Å². The van der Waals surface area contributed by atoms with Crippen LogP contribution in [-0.4, -0.2) is 27.6 Å². The summed E-state index contributed by atoms with van der Waals surface area (Å²) >= 11 is 1.37. The Bertz CT molecular complexity index is 774. The van der Waals surface area contributed by atoms with Gasteiger partial charge in [0.05, 0.1) is 19.2 Å². The zero-order chi connectivity index (χ0) is 16.3. The average Bonchev–Trinajstić information content (AvgIpc) is 2.90. The Labute approximate surface area is 132 Å². The van der Waals surface area contributed by atoms with Crippen LogP contribution in [0.1, 0.15) is 9.88 Å². The number of thiazole rings is 1. The third-order valence-corrected chi connectivity index (χ3v) is 5.16. The minimum atomic E-state index is -4.02. The van der Waals surface area contributed by atoms with Crippen LogP contribution in [0, 0.1) is 12.7 Å². The normalized spacial score (nSPS) is 11.5. The molecule has 0 aliphatic carbocycles. The molecule has 2 rings (SSSR count). The molecule has 0 unspecified atom stereocenters. The van der Waals surface area contributed by atoms with Gasteiger partial charge < -0.3 is 9.47 Å². The topological polar surface area (TPSA) is 77.5 Å². The van der Waals surface area contributed by atoms with E-state index in [2.05, 4.69) is 9.71 Å². The van der Waals surface area contributed by atoms with Crippen molar-refractivity contribution in [3.05, 3.63) is 34.0 Å². The van der Waals surface area contributed by atoms with E-state index in [4.69, 9.17) is 9.47 Å². The van der Waals surface area contributed by atoms with Gasteiger partial charge in [0, 0.05) is 29.8 Å². The number of aryl methyl sites for hydroxylation is 1. The minimum Gasteiger partial charge on any atom is -0.493 e. The number of hydrogen-bond donors (Lipinski definition) is 1. The van der Waals surface area contributed by atoms with E-state index in [0.717, 1.165) is 22.0 Å². The Kier molecular flexibility index (Phi) is 4.99. The Morgan fingerprint density at radius 3 is 2.45 bits per heavy atom. The summed E-state index contributed by atoms with van der Waals surface area (Å²) in [6, 6.07) is 2.07. The highest BCUT2D eigenvalue weighted by atomic mass is 32.2. The second-order valence-electron chi connectivity index (χ2n) is 4.31. The summed E-state index contributed by atoms with van der Waals surface area (Å²) in [6.07, 6.45) is 1.58. The molecule has 1 N–H and O–H groups in total. The number of methoxy groups -OCH3 is 2. The minimum absolute atomic E-state index is 0.0433. The standard InChI is InChI=1S/C13H15FN2O4S2/c1-8-15-6-9(21-8)7-16-22(17,18)13-5-12(20-3)11(19-2)4-10(13)14/h4-6,16H,7H2,1-3H3. The number of aromatic nitrogens is 1. The van der Waals surface area contributed by atoms with Crippen LogP contribution in [0.2, 0.25) is 0 Å². The van der Waals surface area contributed by atoms with Crippen LogP contribution in [0.5, 0.6) is 11.5 Å². The molecule has 1 heterocycles. The van der Waals surface area contributed by atoms with Gasteiger partial charge in [-0.2, -0.15) is 0 Å². The van der Waals surface area contributed by atoms with Crippen LogP contribution in [-0.2, 0) is 16.6 Å². The van der Waals surface area contributed by atoms with Gasteiger partial charge in [-0.05, 0) is 6.92 Å². The Morgan fingerprint density at radius 2 is 1.91 bits per heavy atom. The van der Waals surface area contributed by atoms with Gasteiger partial charge in [0.1, 0.15) is 10.7 Å². The van der Waals surface area contributed by atoms with Gasteiger partial charge in [-0.1, -0.05) is 0 Å². The number of benzene rings is 1. The zero-order valence-corrected chi connectivity index (χ0v) is 13.8. The molecule has 0 saturated carbocycles. The molecule has 120 valence electrons. The molecular formula is C13H15FN2O4S2. The van der Waals surface area contributed by atoms with E-state index in [0.29, 0.717) is 0 Å². The molecule has 0 amide bonds. The highest BCUT2D eigenvalue weighted by Crippen LogP contribution is 2.31. The summed E-state index contributed by atoms with van der Waals surface area (Å²) in [5.41, 5.74) is 0. The summed E-state index contributed by atoms with van der Waals surface area (Å²) in [4.78, 5) is 4.27. The summed E-state index contributed by atoms with van der Waals surface area (Å²) in [6.45, 7) is 1.86. The SMILES string of the molecule is COc1cc(F)c(S(=O)(=O)NCc2cnc(C)s2)cc1OC. The lowest BCUT2D eigenvalue weighted by Gasteiger charge is -2.11. The number of rotatable bonds is 6. The van der Waals surface area contributed by atoms with Gasteiger partial charge in [-0.15, -0.1) is 11.3 Å². The van der Waals surface area contributed by atoms with Crippen LogP contribution in [0.4, 0.5) is 4.39 Å². The van der Waals surface area contributed by atoms with Crippen LogP contribution in [0.15, 0.2) is 23.2 Å². The maximum absolute atomic E-state index is 14.0. The molecule has 22 heavy (non-hydrogen) atoms. The quantitative estimate of drug-likeness (QED) is 0.866. The second kappa shape index (κ2) is 6.59. The van der Waals surface area contributed by atoms with Crippen molar-refractivity contribution < 1.29 is 22.3 Å². The smallest absolute Gasteiger partial charge is 0.243 e. The van der Waals surface area contributed by atoms with E-state index in [9.17, 15) is 12.8 Å². The zero-order valence-electron chi connectivity index (χ0n) is 12.2. The predicted molar refractivity (Wildman–Crippen MR) is 80.4 cm³/mol. The summed E-state index contributed by atoms with van der Waals surface area (Å²) < 4.78 is 50.8. The third-order valence-electron chi connectivity index (χ3n) is 2.83. The van der Waals surface area contributed by atoms with Crippen molar-refractivity contribution in [3.8, 4) is 11.5 Å². The highest BCUT2D eigenvalue weighted by Gasteiger charge is 2.22. The van der Waals surface area contributed by atoms with Gasteiger partial charge in [-0.3, -0.25) is 0 Å². The van der Waals surface area contributed by atoms with Crippen molar-refractivity contribution >= 4 is 21.4 Å². The van der Waals surface area contributed by atoms with Crippen LogP contribution in [0.25, 0.3) is 0 Å². The first-order chi connectivity index (χ1) is 10.4. The second-order valence-corrected chi connectivity index (χ2v) is 7.36. The molecule has 0 bridgehead atoms. The molecule has 0 aliphatic heterocycles. The fourth-order valence-corrected chi connectivity index (χ4v) is 3.68. The molecule has 0 aliphatic rings. The number of nitrogens with one attached hydrogen (secondary N) is 1. The fraction of sp³-hybridized carbons (Fsp3) is 0.308. The average molecular weight is 346 g/mol. The number of halogens is 1. The molecule has 0 atom stereocenters. The maximum Gasteiger partial charge on any atom is 0.243 e. The van der Waals surface area contributed by atoms with Gasteiger partial charge in [0.2, 0.25) is 10.0 Å². The molecule has 0 radical (unpaired) electrons. The van der Waals surface area contributed by atoms with Crippen molar-refractivity contribution in [1.29, 1.82) is 0 Å². The number of ether oxygens (including phenoxy) is 2. The van der Waals surface area contributed by atoms with Gasteiger partial charge in [0.25, 0.3) is 0 Å². The van der Waals surface area contributed by atoms with Crippen molar-refractivity contribution in [2.75, 3.05) is 14.2 Å². The van der Waals surface area contributed by atoms with Crippen molar-refractivity contribution in [2.24, 2.45) is 0 Å². The summed E-state index contributed by atoms with van der Waals surface area (Å²) in [7, 11) is -1.33. The van der Waals surface area contributed by atoms with Crippen LogP contribution in [0.3, 0.4) is 0 Å². The predicted octanol–water partition coefficient (Wildman–Crippen LogP) is 2.09. The molecule has 1 aromatic carbocycles. The van der Waals surface area contributed by atoms with E-state index < -0.39 is 20.7 Å². The highest BCUT2D eigenvalue weighted by molar-refractivity contribution is 7.89. The lowest BCUT2D eigenvalue weighted by atomic mass is 10.3. The Hall–Kier alpha value is -1.71. The number of nitrogens with zero attached hydrogens (tertiary/aromatic N) is 1. The maximum atomic E-state index is 14.0. The monoisotopic (exact) mass is 346 g/mol. The third kappa shape index (κ3) is 3.54. The van der Waals surface area contributed by atoms with E-state index in [1.54, 1.807) is 6.20 Å². The van der Waals surface area contributed by atoms with Crippen molar-refractivity contribution in [3.63, 3.8) is 0 Å². The van der Waals surface area contributed by atoms with Gasteiger partial charge >= 0.3 is 0 Å². The summed E-state index contributed by atoms with van der Waals surface area (Å²) in [5.74, 6) is -0.652. The van der Waals surface area contributed by atoms with Crippen molar-refractivity contribution in [1.82, 2.24) is 9.71 Å². The van der Waals surface area contributed by atoms with E-state index >= 15 is 0 Å². The molecule has 0 saturated heterocycles. The molecular weight excluding hydrogens is 331 g/mol. The lowest BCUT2D eigenvalue weighted by Crippen LogP contribution is -2.24. The first-order valence-electron chi connectivity index (χ1n) is 6.20. The Balaban J connectivity index is 2.28. The molecule has 9 heteroatoms. The Morgan fingerprint density at radius 1 is 1.27 bits per heavy atom. The summed E-state index contributed by atoms with van der Waals surface area (Å²) in [5, 5.41) is 0.825. The first-order valence-corrected chi connectivity index (χ1v) is 8.50. The van der Waals surface area contributed by atoms with Gasteiger partial charge in [0.15, 0.2) is 11.5 Å². The van der Waals surface area contributed by atoms with E-state index in [-0.39, 0.29) is 18.0 Å². The van der Waals surface area contributed by atoms with Crippen LogP contribution < -0.4 is 14.2 Å². The number of sulfonamides is 1. The number of hydrogen-bond acceptors (Lipinski definition) is 6. The van der Waals surface area contributed by atoms with Crippen LogP contribution >= 0.6 is 11.3 Å². The first kappa shape index (κ1) is 16.7. The van der Waals surface area contributed by atoms with E-state index in [1.165, 1.54) is 25.6 Å². The molecule has 1 aromatic heterocycles. The van der Waals surface area contributed by atoms with E-state index in [1.807, 2.05) is 6.92 Å². The molecule has 6 nitrogen and oxygen atoms in total. The molecule has 0 spiro atoms. The molecule has 2 aromatic rings.